The van der Waals surface area contributed by atoms with Gasteiger partial charge in [-0.1, -0.05) is 29.4 Å². The zero-order chi connectivity index (χ0) is 16.5. The van der Waals surface area contributed by atoms with E-state index >= 15 is 0 Å². The van der Waals surface area contributed by atoms with Crippen LogP contribution >= 0.6 is 12.4 Å². The highest BCUT2D eigenvalue weighted by Crippen LogP contribution is 2.43. The van der Waals surface area contributed by atoms with Crippen molar-refractivity contribution in [3.63, 3.8) is 0 Å². The molecule has 2 aromatic rings. The van der Waals surface area contributed by atoms with Gasteiger partial charge in [0.25, 0.3) is 0 Å². The molecule has 2 aliphatic rings. The minimum absolute atomic E-state index is 0. The number of hydrogen-bond donors (Lipinski definition) is 1. The fraction of sp³-hybridized carbons (Fsp3) is 0.474. The average Bonchev–Trinajstić information content (AvgIpc) is 3.30. The van der Waals surface area contributed by atoms with Crippen molar-refractivity contribution in [2.24, 2.45) is 11.8 Å². The van der Waals surface area contributed by atoms with Gasteiger partial charge in [0.2, 0.25) is 5.91 Å². The summed E-state index contributed by atoms with van der Waals surface area (Å²) in [7, 11) is 0. The zero-order valence-electron chi connectivity index (χ0n) is 14.4. The third-order valence-electron chi connectivity index (χ3n) is 5.47. The number of carbonyl (C=O) groups excluding carboxylic acids is 1. The van der Waals surface area contributed by atoms with Crippen molar-refractivity contribution in [1.82, 2.24) is 15.4 Å². The lowest BCUT2D eigenvalue weighted by Gasteiger charge is -2.29. The number of aromatic nitrogens is 1. The summed E-state index contributed by atoms with van der Waals surface area (Å²) in [4.78, 5) is 15.0. The molecule has 2 saturated heterocycles. The predicted octanol–water partition coefficient (Wildman–Crippen LogP) is 2.76. The topological polar surface area (TPSA) is 58.4 Å². The lowest BCUT2D eigenvalue weighted by molar-refractivity contribution is -0.132. The number of amides is 1. The number of likely N-dealkylation sites (tertiary alicyclic amines) is 1. The molecule has 134 valence electrons. The summed E-state index contributed by atoms with van der Waals surface area (Å²) in [5.41, 5.74) is 2.56. The number of benzene rings is 1. The summed E-state index contributed by atoms with van der Waals surface area (Å²) in [5.74, 6) is 2.06. The minimum atomic E-state index is 0. The summed E-state index contributed by atoms with van der Waals surface area (Å²) in [5, 5.41) is 7.21. The van der Waals surface area contributed by atoms with E-state index in [1.54, 1.807) is 6.20 Å². The number of fused-ring (bicyclic) bond motifs is 1. The van der Waals surface area contributed by atoms with Gasteiger partial charge in [-0.15, -0.1) is 12.4 Å². The van der Waals surface area contributed by atoms with Gasteiger partial charge in [-0.25, -0.2) is 0 Å². The second-order valence-corrected chi connectivity index (χ2v) is 6.91. The number of halogens is 1. The summed E-state index contributed by atoms with van der Waals surface area (Å²) in [6.45, 7) is 5.00. The maximum absolute atomic E-state index is 12.9. The third kappa shape index (κ3) is 3.44. The van der Waals surface area contributed by atoms with E-state index in [9.17, 15) is 4.79 Å². The second-order valence-electron chi connectivity index (χ2n) is 6.91. The Hall–Kier alpha value is -1.85. The van der Waals surface area contributed by atoms with Crippen LogP contribution in [-0.4, -0.2) is 35.6 Å². The molecule has 3 heterocycles. The molecule has 25 heavy (non-hydrogen) atoms. The van der Waals surface area contributed by atoms with Gasteiger partial charge < -0.3 is 14.7 Å². The Kier molecular flexibility index (Phi) is 5.45. The van der Waals surface area contributed by atoms with Gasteiger partial charge in [0.15, 0.2) is 0 Å². The SMILES string of the molecule is Cc1ccccc1[C@@H]1[C@H]2CNC[C@H]2CN1C(=O)CCc1ccno1.Cl. The molecular formula is C19H24ClN3O2. The van der Waals surface area contributed by atoms with Crippen molar-refractivity contribution in [3.8, 4) is 0 Å². The lowest BCUT2D eigenvalue weighted by atomic mass is 9.87. The fourth-order valence-corrected chi connectivity index (χ4v) is 4.24. The van der Waals surface area contributed by atoms with Gasteiger partial charge in [-0.3, -0.25) is 4.79 Å². The van der Waals surface area contributed by atoms with E-state index in [0.717, 1.165) is 25.4 Å². The second kappa shape index (κ2) is 7.58. The standard InChI is InChI=1S/C19H23N3O2.ClH/c1-13-4-2-3-5-16(13)19-17-11-20-10-14(17)12-22(19)18(23)7-6-15-8-9-21-24-15;/h2-5,8-9,14,17,19-20H,6-7,10-12H2,1H3;1H/t14-,17-,19+;/m0./s1. The van der Waals surface area contributed by atoms with Crippen LogP contribution in [0.4, 0.5) is 0 Å². The molecule has 0 spiro atoms. The van der Waals surface area contributed by atoms with Crippen molar-refractivity contribution >= 4 is 18.3 Å². The Labute approximate surface area is 154 Å². The molecule has 0 bridgehead atoms. The molecule has 6 heteroatoms. The molecular weight excluding hydrogens is 338 g/mol. The van der Waals surface area contributed by atoms with Gasteiger partial charge in [-0.05, 0) is 24.0 Å². The smallest absolute Gasteiger partial charge is 0.223 e. The number of rotatable bonds is 4. The number of nitrogens with one attached hydrogen (secondary N) is 1. The van der Waals surface area contributed by atoms with Gasteiger partial charge in [0, 0.05) is 44.5 Å². The van der Waals surface area contributed by atoms with Crippen LogP contribution in [0.3, 0.4) is 0 Å². The summed E-state index contributed by atoms with van der Waals surface area (Å²) >= 11 is 0. The van der Waals surface area contributed by atoms with Crippen molar-refractivity contribution < 1.29 is 9.32 Å². The Morgan fingerprint density at radius 2 is 2.16 bits per heavy atom. The highest BCUT2D eigenvalue weighted by atomic mass is 35.5. The first kappa shape index (κ1) is 18.0. The van der Waals surface area contributed by atoms with E-state index < -0.39 is 0 Å². The Morgan fingerprint density at radius 1 is 1.32 bits per heavy atom. The van der Waals surface area contributed by atoms with Crippen LogP contribution in [0.25, 0.3) is 0 Å². The number of hydrogen-bond acceptors (Lipinski definition) is 4. The highest BCUT2D eigenvalue weighted by molar-refractivity contribution is 5.85. The molecule has 1 aromatic heterocycles. The van der Waals surface area contributed by atoms with Crippen LogP contribution < -0.4 is 5.32 Å². The van der Waals surface area contributed by atoms with E-state index in [1.165, 1.54) is 11.1 Å². The maximum Gasteiger partial charge on any atom is 0.223 e. The van der Waals surface area contributed by atoms with Gasteiger partial charge in [0.1, 0.15) is 5.76 Å². The molecule has 3 atom stereocenters. The van der Waals surface area contributed by atoms with Gasteiger partial charge >= 0.3 is 0 Å². The van der Waals surface area contributed by atoms with E-state index in [-0.39, 0.29) is 24.4 Å². The average molecular weight is 362 g/mol. The van der Waals surface area contributed by atoms with Crippen LogP contribution in [0.2, 0.25) is 0 Å². The van der Waals surface area contributed by atoms with Crippen LogP contribution in [0.5, 0.6) is 0 Å². The van der Waals surface area contributed by atoms with Crippen molar-refractivity contribution in [3.05, 3.63) is 53.4 Å². The van der Waals surface area contributed by atoms with Crippen molar-refractivity contribution in [2.45, 2.75) is 25.8 Å². The molecule has 0 radical (unpaired) electrons. The Balaban J connectivity index is 0.00000182. The van der Waals surface area contributed by atoms with E-state index in [0.29, 0.717) is 24.7 Å². The molecule has 4 rings (SSSR count). The first-order valence-electron chi connectivity index (χ1n) is 8.69. The first-order valence-corrected chi connectivity index (χ1v) is 8.69. The fourth-order valence-electron chi connectivity index (χ4n) is 4.24. The predicted molar refractivity (Wildman–Crippen MR) is 97.6 cm³/mol. The molecule has 0 saturated carbocycles. The van der Waals surface area contributed by atoms with Crippen LogP contribution in [0.15, 0.2) is 41.1 Å². The van der Waals surface area contributed by atoms with Crippen LogP contribution in [0.1, 0.15) is 29.3 Å². The van der Waals surface area contributed by atoms with Gasteiger partial charge in [-0.2, -0.15) is 0 Å². The molecule has 2 aliphatic heterocycles. The normalized spacial score (nSPS) is 24.8. The minimum Gasteiger partial charge on any atom is -0.361 e. The molecule has 1 amide bonds. The summed E-state index contributed by atoms with van der Waals surface area (Å²) < 4.78 is 5.12. The molecule has 5 nitrogen and oxygen atoms in total. The number of carbonyl (C=O) groups is 1. The van der Waals surface area contributed by atoms with Crippen molar-refractivity contribution in [1.29, 1.82) is 0 Å². The summed E-state index contributed by atoms with van der Waals surface area (Å²) in [6.07, 6.45) is 2.72. The zero-order valence-corrected chi connectivity index (χ0v) is 15.2. The van der Waals surface area contributed by atoms with Crippen LogP contribution in [0, 0.1) is 18.8 Å². The molecule has 0 aliphatic carbocycles. The molecule has 2 fully saturated rings. The molecule has 1 N–H and O–H groups in total. The highest BCUT2D eigenvalue weighted by Gasteiger charge is 2.46. The third-order valence-corrected chi connectivity index (χ3v) is 5.47. The summed E-state index contributed by atoms with van der Waals surface area (Å²) in [6, 6.07) is 10.5. The monoisotopic (exact) mass is 361 g/mol. The number of nitrogens with zero attached hydrogens (tertiary/aromatic N) is 2. The Bertz CT molecular complexity index is 719. The van der Waals surface area contributed by atoms with Crippen molar-refractivity contribution in [2.75, 3.05) is 19.6 Å². The van der Waals surface area contributed by atoms with E-state index in [4.69, 9.17) is 4.52 Å². The largest absolute Gasteiger partial charge is 0.361 e. The first-order chi connectivity index (χ1) is 11.7. The number of aryl methyl sites for hydroxylation is 2. The van der Waals surface area contributed by atoms with E-state index in [2.05, 4.69) is 46.6 Å². The molecule has 0 unspecified atom stereocenters. The maximum atomic E-state index is 12.9. The van der Waals surface area contributed by atoms with E-state index in [1.807, 2.05) is 6.07 Å². The van der Waals surface area contributed by atoms with Gasteiger partial charge in [0.05, 0.1) is 12.2 Å². The quantitative estimate of drug-likeness (QED) is 0.909. The Morgan fingerprint density at radius 3 is 2.92 bits per heavy atom. The molecule has 1 aromatic carbocycles. The van der Waals surface area contributed by atoms with Crippen LogP contribution in [-0.2, 0) is 11.2 Å². The lowest BCUT2D eigenvalue weighted by Crippen LogP contribution is -2.35.